The standard InChI is InChI=1S/C19H21N3O/c1-22(2)13-7-12-21-19(23)18-11-6-5-10-17(18)16-9-4-3-8-15(16)14-20/h3-6,8-11H,7,12-13H2,1-2H3,(H,21,23). The summed E-state index contributed by atoms with van der Waals surface area (Å²) in [5, 5.41) is 12.2. The minimum Gasteiger partial charge on any atom is -0.352 e. The number of nitriles is 1. The summed E-state index contributed by atoms with van der Waals surface area (Å²) in [6.07, 6.45) is 0.899. The Kier molecular flexibility index (Phi) is 5.90. The van der Waals surface area contributed by atoms with Crippen LogP contribution in [0.25, 0.3) is 11.1 Å². The largest absolute Gasteiger partial charge is 0.352 e. The van der Waals surface area contributed by atoms with Crippen LogP contribution in [0.4, 0.5) is 0 Å². The van der Waals surface area contributed by atoms with Crippen molar-refractivity contribution in [2.45, 2.75) is 6.42 Å². The molecule has 2 aromatic carbocycles. The first-order chi connectivity index (χ1) is 11.1. The topological polar surface area (TPSA) is 56.1 Å². The van der Waals surface area contributed by atoms with Gasteiger partial charge in [0.05, 0.1) is 11.6 Å². The molecule has 4 heteroatoms. The van der Waals surface area contributed by atoms with E-state index in [1.807, 2.05) is 50.5 Å². The van der Waals surface area contributed by atoms with Gasteiger partial charge in [0, 0.05) is 17.7 Å². The average Bonchev–Trinajstić information content (AvgIpc) is 2.58. The Labute approximate surface area is 137 Å². The summed E-state index contributed by atoms with van der Waals surface area (Å²) in [5.41, 5.74) is 2.74. The van der Waals surface area contributed by atoms with Gasteiger partial charge in [-0.15, -0.1) is 0 Å². The molecule has 0 aliphatic carbocycles. The van der Waals surface area contributed by atoms with Gasteiger partial charge in [0.15, 0.2) is 0 Å². The highest BCUT2D eigenvalue weighted by atomic mass is 16.1. The predicted molar refractivity (Wildman–Crippen MR) is 92.1 cm³/mol. The van der Waals surface area contributed by atoms with E-state index in [1.54, 1.807) is 12.1 Å². The maximum Gasteiger partial charge on any atom is 0.251 e. The van der Waals surface area contributed by atoms with Crippen LogP contribution in [0.2, 0.25) is 0 Å². The molecule has 0 saturated carbocycles. The molecule has 2 rings (SSSR count). The first kappa shape index (κ1) is 16.7. The maximum absolute atomic E-state index is 12.5. The van der Waals surface area contributed by atoms with Gasteiger partial charge in [0.25, 0.3) is 5.91 Å². The van der Waals surface area contributed by atoms with Crippen LogP contribution in [0.1, 0.15) is 22.3 Å². The molecular weight excluding hydrogens is 286 g/mol. The zero-order valence-electron chi connectivity index (χ0n) is 13.5. The SMILES string of the molecule is CN(C)CCCNC(=O)c1ccccc1-c1ccccc1C#N. The number of nitrogens with zero attached hydrogens (tertiary/aromatic N) is 2. The monoisotopic (exact) mass is 307 g/mol. The van der Waals surface area contributed by atoms with Crippen molar-refractivity contribution in [3.8, 4) is 17.2 Å². The lowest BCUT2D eigenvalue weighted by molar-refractivity contribution is 0.0953. The highest BCUT2D eigenvalue weighted by Gasteiger charge is 2.14. The third-order valence-electron chi connectivity index (χ3n) is 3.58. The van der Waals surface area contributed by atoms with Crippen LogP contribution < -0.4 is 5.32 Å². The molecule has 0 aromatic heterocycles. The van der Waals surface area contributed by atoms with Gasteiger partial charge >= 0.3 is 0 Å². The van der Waals surface area contributed by atoms with Gasteiger partial charge in [-0.25, -0.2) is 0 Å². The second kappa shape index (κ2) is 8.11. The molecule has 0 aliphatic heterocycles. The molecule has 2 aromatic rings. The Hall–Kier alpha value is -2.64. The molecule has 0 atom stereocenters. The van der Waals surface area contributed by atoms with E-state index in [9.17, 15) is 10.1 Å². The summed E-state index contributed by atoms with van der Waals surface area (Å²) in [6, 6.07) is 16.9. The first-order valence-corrected chi connectivity index (χ1v) is 7.65. The zero-order chi connectivity index (χ0) is 16.7. The third kappa shape index (κ3) is 4.41. The van der Waals surface area contributed by atoms with Gasteiger partial charge < -0.3 is 10.2 Å². The molecule has 4 nitrogen and oxygen atoms in total. The van der Waals surface area contributed by atoms with Crippen LogP contribution in [0.3, 0.4) is 0 Å². The number of benzene rings is 2. The Morgan fingerprint density at radius 1 is 1.09 bits per heavy atom. The van der Waals surface area contributed by atoms with Crippen LogP contribution >= 0.6 is 0 Å². The summed E-state index contributed by atoms with van der Waals surface area (Å²) in [5.74, 6) is -0.105. The smallest absolute Gasteiger partial charge is 0.251 e. The second-order valence-corrected chi connectivity index (χ2v) is 5.62. The summed E-state index contributed by atoms with van der Waals surface area (Å²) in [4.78, 5) is 14.6. The number of hydrogen-bond donors (Lipinski definition) is 1. The van der Waals surface area contributed by atoms with Gasteiger partial charge in [-0.05, 0) is 44.8 Å². The fourth-order valence-corrected chi connectivity index (χ4v) is 2.42. The number of hydrogen-bond acceptors (Lipinski definition) is 3. The molecule has 1 amide bonds. The average molecular weight is 307 g/mol. The molecule has 0 fully saturated rings. The fourth-order valence-electron chi connectivity index (χ4n) is 2.42. The lowest BCUT2D eigenvalue weighted by Gasteiger charge is -2.12. The molecule has 0 bridgehead atoms. The highest BCUT2D eigenvalue weighted by Crippen LogP contribution is 2.26. The zero-order valence-corrected chi connectivity index (χ0v) is 13.5. The molecule has 0 heterocycles. The quantitative estimate of drug-likeness (QED) is 0.835. The summed E-state index contributed by atoms with van der Waals surface area (Å²) in [6.45, 7) is 1.56. The normalized spacial score (nSPS) is 10.3. The van der Waals surface area contributed by atoms with Crippen molar-refractivity contribution in [1.29, 1.82) is 5.26 Å². The van der Waals surface area contributed by atoms with Crippen LogP contribution in [0.5, 0.6) is 0 Å². The number of nitrogens with one attached hydrogen (secondary N) is 1. The second-order valence-electron chi connectivity index (χ2n) is 5.62. The van der Waals surface area contributed by atoms with E-state index in [-0.39, 0.29) is 5.91 Å². The molecular formula is C19H21N3O. The van der Waals surface area contributed by atoms with Crippen molar-refractivity contribution in [1.82, 2.24) is 10.2 Å². The van der Waals surface area contributed by atoms with Gasteiger partial charge in [-0.2, -0.15) is 5.26 Å². The Morgan fingerprint density at radius 2 is 1.74 bits per heavy atom. The van der Waals surface area contributed by atoms with Gasteiger partial charge in [-0.1, -0.05) is 36.4 Å². The molecule has 0 saturated heterocycles. The van der Waals surface area contributed by atoms with Crippen LogP contribution in [-0.4, -0.2) is 38.0 Å². The number of carbonyl (C=O) groups excluding carboxylic acids is 1. The van der Waals surface area contributed by atoms with E-state index in [0.29, 0.717) is 17.7 Å². The molecule has 23 heavy (non-hydrogen) atoms. The molecule has 0 radical (unpaired) electrons. The van der Waals surface area contributed by atoms with E-state index in [2.05, 4.69) is 16.3 Å². The molecule has 0 aliphatic rings. The summed E-state index contributed by atoms with van der Waals surface area (Å²) in [7, 11) is 4.02. The molecule has 1 N–H and O–H groups in total. The lowest BCUT2D eigenvalue weighted by Crippen LogP contribution is -2.27. The van der Waals surface area contributed by atoms with Crippen molar-refractivity contribution in [3.63, 3.8) is 0 Å². The third-order valence-corrected chi connectivity index (χ3v) is 3.58. The molecule has 0 unspecified atom stereocenters. The highest BCUT2D eigenvalue weighted by molar-refractivity contribution is 6.01. The van der Waals surface area contributed by atoms with E-state index >= 15 is 0 Å². The van der Waals surface area contributed by atoms with Gasteiger partial charge in [0.1, 0.15) is 0 Å². The van der Waals surface area contributed by atoms with Gasteiger partial charge in [-0.3, -0.25) is 4.79 Å². The van der Waals surface area contributed by atoms with Crippen LogP contribution in [0, 0.1) is 11.3 Å². The number of carbonyl (C=O) groups is 1. The first-order valence-electron chi connectivity index (χ1n) is 7.65. The Bertz CT molecular complexity index is 717. The van der Waals surface area contributed by atoms with E-state index in [1.165, 1.54) is 0 Å². The fraction of sp³-hybridized carbons (Fsp3) is 0.263. The lowest BCUT2D eigenvalue weighted by atomic mass is 9.95. The Morgan fingerprint density at radius 3 is 2.43 bits per heavy atom. The van der Waals surface area contributed by atoms with Crippen molar-refractivity contribution in [2.24, 2.45) is 0 Å². The van der Waals surface area contributed by atoms with Crippen molar-refractivity contribution in [2.75, 3.05) is 27.2 Å². The number of amides is 1. The van der Waals surface area contributed by atoms with Crippen LogP contribution in [0.15, 0.2) is 48.5 Å². The van der Waals surface area contributed by atoms with E-state index in [4.69, 9.17) is 0 Å². The predicted octanol–water partition coefficient (Wildman–Crippen LogP) is 2.91. The molecule has 0 spiro atoms. The minimum absolute atomic E-state index is 0.105. The van der Waals surface area contributed by atoms with Gasteiger partial charge in [0.2, 0.25) is 0 Å². The summed E-state index contributed by atoms with van der Waals surface area (Å²) < 4.78 is 0. The Balaban J connectivity index is 2.21. The minimum atomic E-state index is -0.105. The van der Waals surface area contributed by atoms with Crippen molar-refractivity contribution in [3.05, 3.63) is 59.7 Å². The maximum atomic E-state index is 12.5. The van der Waals surface area contributed by atoms with Crippen LogP contribution in [-0.2, 0) is 0 Å². The van der Waals surface area contributed by atoms with E-state index in [0.717, 1.165) is 24.1 Å². The molecule has 118 valence electrons. The van der Waals surface area contributed by atoms with Crippen molar-refractivity contribution >= 4 is 5.91 Å². The summed E-state index contributed by atoms with van der Waals surface area (Å²) >= 11 is 0. The van der Waals surface area contributed by atoms with E-state index < -0.39 is 0 Å². The number of rotatable bonds is 6. The van der Waals surface area contributed by atoms with Crippen molar-refractivity contribution < 1.29 is 4.79 Å².